The van der Waals surface area contributed by atoms with Crippen LogP contribution in [0.15, 0.2) is 22.3 Å². The molecule has 0 aliphatic heterocycles. The summed E-state index contributed by atoms with van der Waals surface area (Å²) in [5, 5.41) is 9.14. The van der Waals surface area contributed by atoms with Gasteiger partial charge in [-0.3, -0.25) is 19.2 Å². The third kappa shape index (κ3) is 40.5. The number of hydrogen-bond donors (Lipinski definition) is 3. The van der Waals surface area contributed by atoms with Crippen LogP contribution in [0, 0.1) is 40.4 Å². The lowest BCUT2D eigenvalue weighted by molar-refractivity contribution is -0.130. The van der Waals surface area contributed by atoms with Crippen molar-refractivity contribution in [1.29, 1.82) is 0 Å². The van der Waals surface area contributed by atoms with Crippen LogP contribution in [0.25, 0.3) is 0 Å². The Kier molecular flexibility index (Phi) is 45.2. The maximum absolute atomic E-state index is 13.6. The van der Waals surface area contributed by atoms with Crippen molar-refractivity contribution in [2.75, 3.05) is 125 Å². The molecule has 15 nitrogen and oxygen atoms in total. The fraction of sp³-hybridized carbons (Fsp3) is 0.886. The number of ketones is 1. The predicted molar refractivity (Wildman–Crippen MR) is 345 cm³/mol. The van der Waals surface area contributed by atoms with Crippen molar-refractivity contribution >= 4 is 23.5 Å². The Bertz CT molecular complexity index is 1820. The third-order valence-electron chi connectivity index (χ3n) is 17.7. The number of rotatable bonds is 56. The summed E-state index contributed by atoms with van der Waals surface area (Å²) < 4.78 is 44.1. The highest BCUT2D eigenvalue weighted by atomic mass is 16.6. The Balaban J connectivity index is 1.61. The van der Waals surface area contributed by atoms with E-state index in [9.17, 15) is 19.2 Å². The number of hydrogen-bond acceptors (Lipinski definition) is 12. The SMILES string of the molecule is CCOCCOCCOCCOCCOCCC(=O)NCCCOCCOCCOCCCNC(=O)[C@H](CCCCNC(=O)CC(C)CCCC(C)CCC1=C(C)CCCC1(C)C)CC(=O)CC(C)CCCC(C)CCC1=C(C)CCCC1(C)C. The second-order valence-corrected chi connectivity index (χ2v) is 26.6. The lowest BCUT2D eigenvalue weighted by Gasteiger charge is -2.35. The van der Waals surface area contributed by atoms with Gasteiger partial charge in [0, 0.05) is 71.1 Å². The first-order valence-electron chi connectivity index (χ1n) is 34.2. The van der Waals surface area contributed by atoms with E-state index < -0.39 is 5.92 Å². The highest BCUT2D eigenvalue weighted by molar-refractivity contribution is 5.87. The molecule has 2 aliphatic carbocycles. The molecule has 496 valence electrons. The molecule has 2 rings (SSSR count). The van der Waals surface area contributed by atoms with E-state index >= 15 is 0 Å². The molecule has 0 radical (unpaired) electrons. The number of amides is 3. The predicted octanol–water partition coefficient (Wildman–Crippen LogP) is 13.7. The number of allylic oxidation sites excluding steroid dienone is 4. The molecule has 5 atom stereocenters. The molecule has 0 fully saturated rings. The fourth-order valence-electron chi connectivity index (χ4n) is 12.3. The van der Waals surface area contributed by atoms with E-state index in [4.69, 9.17) is 37.9 Å². The monoisotopic (exact) mass is 1200 g/mol. The molecule has 0 saturated carbocycles. The molecular weight excluding hydrogens is 1070 g/mol. The van der Waals surface area contributed by atoms with E-state index in [0.29, 0.717) is 192 Å². The Morgan fingerprint density at radius 1 is 0.424 bits per heavy atom. The molecule has 4 unspecified atom stereocenters. The molecular formula is C70H129N3O12. The van der Waals surface area contributed by atoms with Crippen LogP contribution < -0.4 is 16.0 Å². The van der Waals surface area contributed by atoms with Gasteiger partial charge in [0.1, 0.15) is 5.78 Å². The van der Waals surface area contributed by atoms with Crippen LogP contribution in [0.5, 0.6) is 0 Å². The van der Waals surface area contributed by atoms with Crippen LogP contribution in [-0.4, -0.2) is 149 Å². The largest absolute Gasteiger partial charge is 0.379 e. The van der Waals surface area contributed by atoms with Gasteiger partial charge in [-0.05, 0) is 145 Å². The van der Waals surface area contributed by atoms with Crippen molar-refractivity contribution in [3.63, 3.8) is 0 Å². The number of carbonyl (C=O) groups excluding carboxylic acids is 4. The maximum atomic E-state index is 13.6. The molecule has 85 heavy (non-hydrogen) atoms. The Labute approximate surface area is 519 Å². The van der Waals surface area contributed by atoms with Gasteiger partial charge in [-0.25, -0.2) is 0 Å². The van der Waals surface area contributed by atoms with Crippen molar-refractivity contribution in [2.45, 2.75) is 237 Å². The number of ether oxygens (including phenoxy) is 8. The molecule has 15 heteroatoms. The summed E-state index contributed by atoms with van der Waals surface area (Å²) in [5.74, 6) is 1.73. The van der Waals surface area contributed by atoms with E-state index in [1.165, 1.54) is 77.0 Å². The second-order valence-electron chi connectivity index (χ2n) is 26.6. The maximum Gasteiger partial charge on any atom is 0.223 e. The first-order chi connectivity index (χ1) is 40.8. The standard InChI is InChI=1S/C70H129N3O12/c1-12-78-41-42-82-49-50-85-52-51-84-48-45-81-40-32-66(75)71-36-19-38-79-43-46-83-47-44-80-39-20-37-73-68(77)62(55-63(74)53-58(4)23-15-21-56(2)28-30-64-60(6)25-17-33-69(64,8)9)27-13-14-35-72-67(76)54-59(5)24-16-22-57(3)29-31-65-61(7)26-18-34-70(65,10)11/h56-59,62H,12-55H2,1-11H3,(H,71,75)(H,72,76)(H,73,77)/t56?,57?,58?,59?,62-/m1/s1. The van der Waals surface area contributed by atoms with E-state index in [1.807, 2.05) is 6.92 Å². The lowest BCUT2D eigenvalue weighted by atomic mass is 9.70. The number of carbonyl (C=O) groups is 4. The van der Waals surface area contributed by atoms with Crippen molar-refractivity contribution in [1.82, 2.24) is 16.0 Å². The highest BCUT2D eigenvalue weighted by Gasteiger charge is 2.30. The van der Waals surface area contributed by atoms with Crippen LogP contribution in [-0.2, 0) is 57.1 Å². The van der Waals surface area contributed by atoms with Gasteiger partial charge in [0.2, 0.25) is 17.7 Å². The second kappa shape index (κ2) is 49.1. The van der Waals surface area contributed by atoms with Gasteiger partial charge in [-0.1, -0.05) is 123 Å². The van der Waals surface area contributed by atoms with Crippen molar-refractivity contribution in [3.05, 3.63) is 22.3 Å². The van der Waals surface area contributed by atoms with Crippen molar-refractivity contribution < 1.29 is 57.1 Å². The third-order valence-corrected chi connectivity index (χ3v) is 17.7. The minimum atomic E-state index is -0.391. The Hall–Kier alpha value is -2.76. The molecule has 0 heterocycles. The minimum Gasteiger partial charge on any atom is -0.379 e. The van der Waals surface area contributed by atoms with E-state index in [2.05, 4.69) is 85.2 Å². The topological polar surface area (TPSA) is 178 Å². The normalized spacial score (nSPS) is 16.9. The van der Waals surface area contributed by atoms with Crippen LogP contribution in [0.2, 0.25) is 0 Å². The zero-order chi connectivity index (χ0) is 62.4. The van der Waals surface area contributed by atoms with E-state index in [0.717, 1.165) is 38.5 Å². The zero-order valence-corrected chi connectivity index (χ0v) is 56.4. The van der Waals surface area contributed by atoms with Gasteiger partial charge in [0.05, 0.1) is 85.9 Å². The average molecular weight is 1200 g/mol. The van der Waals surface area contributed by atoms with Crippen LogP contribution in [0.3, 0.4) is 0 Å². The Morgan fingerprint density at radius 2 is 0.824 bits per heavy atom. The first-order valence-corrected chi connectivity index (χ1v) is 34.2. The van der Waals surface area contributed by atoms with Crippen molar-refractivity contribution in [3.8, 4) is 0 Å². The average Bonchev–Trinajstić information content (AvgIpc) is 3.61. The molecule has 0 saturated heterocycles. The quantitative estimate of drug-likeness (QED) is 0.0388. The summed E-state index contributed by atoms with van der Waals surface area (Å²) in [6, 6.07) is 0. The van der Waals surface area contributed by atoms with Crippen LogP contribution in [0.1, 0.15) is 237 Å². The van der Waals surface area contributed by atoms with Gasteiger partial charge >= 0.3 is 0 Å². The van der Waals surface area contributed by atoms with Gasteiger partial charge in [-0.2, -0.15) is 0 Å². The number of nitrogens with one attached hydrogen (secondary N) is 3. The van der Waals surface area contributed by atoms with E-state index in [1.54, 1.807) is 22.3 Å². The highest BCUT2D eigenvalue weighted by Crippen LogP contribution is 2.44. The summed E-state index contributed by atoms with van der Waals surface area (Å²) in [6.07, 6.45) is 24.5. The molecule has 2 aliphatic rings. The summed E-state index contributed by atoms with van der Waals surface area (Å²) in [7, 11) is 0. The Morgan fingerprint density at radius 3 is 1.29 bits per heavy atom. The lowest BCUT2D eigenvalue weighted by Crippen LogP contribution is -2.33. The molecule has 0 aromatic rings. The summed E-state index contributed by atoms with van der Waals surface area (Å²) >= 11 is 0. The molecule has 3 amide bonds. The summed E-state index contributed by atoms with van der Waals surface area (Å²) in [6.45, 7) is 34.9. The summed E-state index contributed by atoms with van der Waals surface area (Å²) in [4.78, 5) is 52.3. The van der Waals surface area contributed by atoms with Gasteiger partial charge in [0.25, 0.3) is 0 Å². The molecule has 0 aromatic heterocycles. The van der Waals surface area contributed by atoms with E-state index in [-0.39, 0.29) is 35.8 Å². The molecule has 0 bridgehead atoms. The van der Waals surface area contributed by atoms with Crippen molar-refractivity contribution in [2.24, 2.45) is 40.4 Å². The van der Waals surface area contributed by atoms with Crippen LogP contribution >= 0.6 is 0 Å². The molecule has 0 spiro atoms. The number of unbranched alkanes of at least 4 members (excludes halogenated alkanes) is 1. The smallest absolute Gasteiger partial charge is 0.223 e. The van der Waals surface area contributed by atoms with Crippen LogP contribution in [0.4, 0.5) is 0 Å². The fourth-order valence-corrected chi connectivity index (χ4v) is 12.3. The number of Topliss-reactive ketones (excluding diaryl/α,β-unsaturated/α-hetero) is 1. The van der Waals surface area contributed by atoms with Gasteiger partial charge in [-0.15, -0.1) is 0 Å². The summed E-state index contributed by atoms with van der Waals surface area (Å²) in [5.41, 5.74) is 7.29. The van der Waals surface area contributed by atoms with Gasteiger partial charge in [0.15, 0.2) is 0 Å². The molecule has 3 N–H and O–H groups in total. The first kappa shape index (κ1) is 78.3. The van der Waals surface area contributed by atoms with Gasteiger partial charge < -0.3 is 53.8 Å². The zero-order valence-electron chi connectivity index (χ0n) is 56.4. The minimum absolute atomic E-state index is 0.0585. The molecule has 0 aromatic carbocycles.